The summed E-state index contributed by atoms with van der Waals surface area (Å²) in [6.07, 6.45) is 0. The van der Waals surface area contributed by atoms with Crippen molar-refractivity contribution < 1.29 is 0 Å². The SMILES string of the molecule is CC.Cc1ccc(C)c(N)c1. The first kappa shape index (κ1) is 10.0. The highest BCUT2D eigenvalue weighted by atomic mass is 14.5. The minimum Gasteiger partial charge on any atom is -0.399 e. The highest BCUT2D eigenvalue weighted by Gasteiger charge is 1.89. The van der Waals surface area contributed by atoms with Gasteiger partial charge in [0.15, 0.2) is 0 Å². The molecule has 0 heterocycles. The first-order valence-corrected chi connectivity index (χ1v) is 4.03. The predicted octanol–water partition coefficient (Wildman–Crippen LogP) is 2.91. The van der Waals surface area contributed by atoms with Gasteiger partial charge in [-0.1, -0.05) is 26.0 Å². The van der Waals surface area contributed by atoms with Gasteiger partial charge in [-0.05, 0) is 31.0 Å². The van der Waals surface area contributed by atoms with Crippen molar-refractivity contribution in [3.63, 3.8) is 0 Å². The van der Waals surface area contributed by atoms with Crippen molar-refractivity contribution in [2.45, 2.75) is 27.7 Å². The number of aryl methyl sites for hydroxylation is 2. The number of nitrogen functional groups attached to an aromatic ring is 1. The highest BCUT2D eigenvalue weighted by molar-refractivity contribution is 5.47. The van der Waals surface area contributed by atoms with Gasteiger partial charge in [0.1, 0.15) is 0 Å². The quantitative estimate of drug-likeness (QED) is 0.567. The lowest BCUT2D eigenvalue weighted by molar-refractivity contribution is 1.40. The predicted molar refractivity (Wildman–Crippen MR) is 51.7 cm³/mol. The summed E-state index contributed by atoms with van der Waals surface area (Å²) in [4.78, 5) is 0. The third-order valence-electron chi connectivity index (χ3n) is 1.43. The Balaban J connectivity index is 0.000000461. The average Bonchev–Trinajstić information content (AvgIpc) is 2.02. The highest BCUT2D eigenvalue weighted by Crippen LogP contribution is 2.10. The fraction of sp³-hybridized carbons (Fsp3) is 0.400. The summed E-state index contributed by atoms with van der Waals surface area (Å²) in [5.41, 5.74) is 8.88. The van der Waals surface area contributed by atoms with Gasteiger partial charge >= 0.3 is 0 Å². The minimum atomic E-state index is 0.884. The van der Waals surface area contributed by atoms with Crippen LogP contribution in [0, 0.1) is 13.8 Å². The van der Waals surface area contributed by atoms with Crippen molar-refractivity contribution in [3.8, 4) is 0 Å². The molecule has 0 bridgehead atoms. The third kappa shape index (κ3) is 3.08. The van der Waals surface area contributed by atoms with Crippen LogP contribution in [0.1, 0.15) is 25.0 Å². The first-order chi connectivity index (χ1) is 5.20. The molecule has 0 amide bonds. The molecular formula is C10H17N. The molecule has 0 aliphatic rings. The maximum absolute atomic E-state index is 5.62. The molecule has 0 atom stereocenters. The molecule has 1 heteroatoms. The summed E-state index contributed by atoms with van der Waals surface area (Å²) in [7, 11) is 0. The van der Waals surface area contributed by atoms with Gasteiger partial charge in [-0.25, -0.2) is 0 Å². The Kier molecular flexibility index (Phi) is 4.35. The monoisotopic (exact) mass is 151 g/mol. The molecule has 1 rings (SSSR count). The molecule has 1 aromatic rings. The van der Waals surface area contributed by atoms with Crippen LogP contribution in [-0.2, 0) is 0 Å². The van der Waals surface area contributed by atoms with E-state index in [1.165, 1.54) is 5.56 Å². The van der Waals surface area contributed by atoms with E-state index in [4.69, 9.17) is 5.73 Å². The van der Waals surface area contributed by atoms with E-state index in [0.717, 1.165) is 11.3 Å². The van der Waals surface area contributed by atoms with Gasteiger partial charge in [-0.3, -0.25) is 0 Å². The molecular weight excluding hydrogens is 134 g/mol. The molecule has 2 N–H and O–H groups in total. The average molecular weight is 151 g/mol. The van der Waals surface area contributed by atoms with Gasteiger partial charge in [0.05, 0.1) is 0 Å². The largest absolute Gasteiger partial charge is 0.399 e. The second-order valence-electron chi connectivity index (χ2n) is 2.36. The lowest BCUT2D eigenvalue weighted by atomic mass is 10.1. The summed E-state index contributed by atoms with van der Waals surface area (Å²) in [5, 5.41) is 0. The van der Waals surface area contributed by atoms with Crippen LogP contribution in [0.3, 0.4) is 0 Å². The van der Waals surface area contributed by atoms with Crippen LogP contribution in [0.4, 0.5) is 5.69 Å². The minimum absolute atomic E-state index is 0.884. The van der Waals surface area contributed by atoms with E-state index in [1.807, 2.05) is 39.8 Å². The van der Waals surface area contributed by atoms with Crippen LogP contribution >= 0.6 is 0 Å². The van der Waals surface area contributed by atoms with Crippen LogP contribution < -0.4 is 5.73 Å². The Hall–Kier alpha value is -0.980. The molecule has 1 aromatic carbocycles. The lowest BCUT2D eigenvalue weighted by Gasteiger charge is -1.98. The maximum Gasteiger partial charge on any atom is 0.0346 e. The molecule has 62 valence electrons. The molecule has 1 nitrogen and oxygen atoms in total. The number of rotatable bonds is 0. The normalized spacial score (nSPS) is 8.36. The van der Waals surface area contributed by atoms with Crippen LogP contribution in [0.5, 0.6) is 0 Å². The van der Waals surface area contributed by atoms with E-state index in [0.29, 0.717) is 0 Å². The van der Waals surface area contributed by atoms with Crippen molar-refractivity contribution in [2.24, 2.45) is 0 Å². The zero-order valence-corrected chi connectivity index (χ0v) is 7.81. The Bertz CT molecular complexity index is 216. The molecule has 0 spiro atoms. The summed E-state index contributed by atoms with van der Waals surface area (Å²) >= 11 is 0. The summed E-state index contributed by atoms with van der Waals surface area (Å²) in [5.74, 6) is 0. The van der Waals surface area contributed by atoms with E-state index >= 15 is 0 Å². The maximum atomic E-state index is 5.62. The number of hydrogen-bond donors (Lipinski definition) is 1. The molecule has 0 radical (unpaired) electrons. The number of hydrogen-bond acceptors (Lipinski definition) is 1. The van der Waals surface area contributed by atoms with Crippen LogP contribution in [0.2, 0.25) is 0 Å². The Morgan fingerprint density at radius 3 is 2.00 bits per heavy atom. The number of anilines is 1. The zero-order valence-electron chi connectivity index (χ0n) is 7.81. The van der Waals surface area contributed by atoms with Crippen molar-refractivity contribution in [3.05, 3.63) is 29.3 Å². The third-order valence-corrected chi connectivity index (χ3v) is 1.43. The Labute approximate surface area is 69.2 Å². The van der Waals surface area contributed by atoms with Gasteiger partial charge < -0.3 is 5.73 Å². The van der Waals surface area contributed by atoms with E-state index in [-0.39, 0.29) is 0 Å². The fourth-order valence-electron chi connectivity index (χ4n) is 0.760. The molecule has 0 aromatic heterocycles. The van der Waals surface area contributed by atoms with Crippen LogP contribution in [-0.4, -0.2) is 0 Å². The molecule has 0 unspecified atom stereocenters. The Morgan fingerprint density at radius 2 is 1.64 bits per heavy atom. The Morgan fingerprint density at radius 1 is 1.09 bits per heavy atom. The molecule has 0 fully saturated rings. The van der Waals surface area contributed by atoms with Crippen molar-refractivity contribution in [1.29, 1.82) is 0 Å². The van der Waals surface area contributed by atoms with Gasteiger partial charge in [-0.2, -0.15) is 0 Å². The second kappa shape index (κ2) is 4.78. The van der Waals surface area contributed by atoms with Crippen LogP contribution in [0.25, 0.3) is 0 Å². The topological polar surface area (TPSA) is 26.0 Å². The summed E-state index contributed by atoms with van der Waals surface area (Å²) < 4.78 is 0. The summed E-state index contributed by atoms with van der Waals surface area (Å²) in [6, 6.07) is 6.08. The van der Waals surface area contributed by atoms with Gasteiger partial charge in [0.25, 0.3) is 0 Å². The van der Waals surface area contributed by atoms with Gasteiger partial charge in [0, 0.05) is 5.69 Å². The second-order valence-corrected chi connectivity index (χ2v) is 2.36. The van der Waals surface area contributed by atoms with Crippen molar-refractivity contribution >= 4 is 5.69 Å². The van der Waals surface area contributed by atoms with Gasteiger partial charge in [0.2, 0.25) is 0 Å². The summed E-state index contributed by atoms with van der Waals surface area (Å²) in [6.45, 7) is 8.05. The van der Waals surface area contributed by atoms with Crippen molar-refractivity contribution in [1.82, 2.24) is 0 Å². The van der Waals surface area contributed by atoms with Crippen LogP contribution in [0.15, 0.2) is 18.2 Å². The lowest BCUT2D eigenvalue weighted by Crippen LogP contribution is -1.88. The molecule has 0 saturated heterocycles. The first-order valence-electron chi connectivity index (χ1n) is 4.03. The van der Waals surface area contributed by atoms with Crippen molar-refractivity contribution in [2.75, 3.05) is 5.73 Å². The number of benzene rings is 1. The van der Waals surface area contributed by atoms with E-state index < -0.39 is 0 Å². The fourth-order valence-corrected chi connectivity index (χ4v) is 0.760. The standard InChI is InChI=1S/C8H11N.C2H6/c1-6-3-4-7(2)8(9)5-6;1-2/h3-5H,9H2,1-2H3;1-2H3. The molecule has 0 aliphatic heterocycles. The van der Waals surface area contributed by atoms with E-state index in [2.05, 4.69) is 6.07 Å². The molecule has 11 heavy (non-hydrogen) atoms. The zero-order chi connectivity index (χ0) is 8.85. The molecule has 0 aliphatic carbocycles. The smallest absolute Gasteiger partial charge is 0.0346 e. The number of nitrogens with two attached hydrogens (primary N) is 1. The van der Waals surface area contributed by atoms with Gasteiger partial charge in [-0.15, -0.1) is 0 Å². The van der Waals surface area contributed by atoms with E-state index in [9.17, 15) is 0 Å². The molecule has 0 saturated carbocycles. The van der Waals surface area contributed by atoms with E-state index in [1.54, 1.807) is 0 Å².